The van der Waals surface area contributed by atoms with Gasteiger partial charge in [-0.05, 0) is 30.0 Å². The lowest BCUT2D eigenvalue weighted by Gasteiger charge is -2.01. The van der Waals surface area contributed by atoms with Crippen LogP contribution in [0.5, 0.6) is 0 Å². The molecule has 7 heteroatoms. The fourth-order valence-corrected chi connectivity index (χ4v) is 3.24. The molecule has 0 aromatic carbocycles. The van der Waals surface area contributed by atoms with E-state index in [2.05, 4.69) is 5.32 Å². The van der Waals surface area contributed by atoms with Crippen LogP contribution in [-0.4, -0.2) is 30.8 Å². The van der Waals surface area contributed by atoms with Crippen LogP contribution < -0.4 is 5.32 Å². The van der Waals surface area contributed by atoms with Crippen LogP contribution in [0.3, 0.4) is 0 Å². The van der Waals surface area contributed by atoms with Crippen LogP contribution in [0.2, 0.25) is 0 Å². The molecule has 0 aliphatic heterocycles. The van der Waals surface area contributed by atoms with Crippen LogP contribution in [0, 0.1) is 0 Å². The number of thiophene rings is 2. The van der Waals surface area contributed by atoms with Crippen molar-refractivity contribution < 1.29 is 19.1 Å². The van der Waals surface area contributed by atoms with Gasteiger partial charge in [-0.15, -0.1) is 22.7 Å². The molecule has 0 aliphatic carbocycles. The molecule has 0 radical (unpaired) electrons. The molecule has 116 valence electrons. The summed E-state index contributed by atoms with van der Waals surface area (Å²) in [5.41, 5.74) is 0. The zero-order valence-corrected chi connectivity index (χ0v) is 13.6. The molecule has 0 fully saturated rings. The number of esters is 1. The molecule has 0 atom stereocenters. The Balaban J connectivity index is 1.81. The summed E-state index contributed by atoms with van der Waals surface area (Å²) in [4.78, 5) is 36.5. The number of ketones is 1. The highest BCUT2D eigenvalue weighted by atomic mass is 32.1. The number of nitrogens with one attached hydrogen (secondary N) is 1. The van der Waals surface area contributed by atoms with Gasteiger partial charge >= 0.3 is 5.97 Å². The largest absolute Gasteiger partial charge is 0.453 e. The topological polar surface area (TPSA) is 72.5 Å². The second kappa shape index (κ2) is 7.86. The summed E-state index contributed by atoms with van der Waals surface area (Å²) in [7, 11) is 0. The first-order valence-electron chi connectivity index (χ1n) is 6.63. The van der Waals surface area contributed by atoms with Crippen LogP contribution in [0.1, 0.15) is 31.1 Å². The molecule has 5 nitrogen and oxygen atoms in total. The zero-order chi connectivity index (χ0) is 15.9. The third kappa shape index (κ3) is 4.78. The summed E-state index contributed by atoms with van der Waals surface area (Å²) >= 11 is 2.63. The average molecular weight is 337 g/mol. The van der Waals surface area contributed by atoms with Gasteiger partial charge in [-0.1, -0.05) is 6.07 Å². The molecule has 0 bridgehead atoms. The Bertz CT molecular complexity index is 661. The molecule has 0 spiro atoms. The lowest BCUT2D eigenvalue weighted by atomic mass is 10.3. The maximum absolute atomic E-state index is 12.0. The maximum atomic E-state index is 12.0. The van der Waals surface area contributed by atoms with Crippen molar-refractivity contribution in [2.75, 3.05) is 13.2 Å². The second-order valence-electron chi connectivity index (χ2n) is 4.48. The Morgan fingerprint density at radius 2 is 2.00 bits per heavy atom. The Kier molecular flexibility index (Phi) is 5.85. The van der Waals surface area contributed by atoms with E-state index in [9.17, 15) is 14.4 Å². The zero-order valence-electron chi connectivity index (χ0n) is 12.0. The molecule has 0 saturated carbocycles. The van der Waals surface area contributed by atoms with Crippen molar-refractivity contribution in [1.82, 2.24) is 5.32 Å². The Labute approximate surface area is 135 Å². The number of Topliss-reactive ketones (excluding diaryl/α,β-unsaturated/α-hetero) is 1. The summed E-state index contributed by atoms with van der Waals surface area (Å²) in [6.07, 6.45) is 0.673. The summed E-state index contributed by atoms with van der Waals surface area (Å²) < 4.78 is 5.00. The molecule has 0 unspecified atom stereocenters. The van der Waals surface area contributed by atoms with E-state index in [0.717, 1.165) is 4.88 Å². The Morgan fingerprint density at radius 1 is 1.18 bits per heavy atom. The van der Waals surface area contributed by atoms with Gasteiger partial charge < -0.3 is 10.1 Å². The first-order valence-corrected chi connectivity index (χ1v) is 8.33. The van der Waals surface area contributed by atoms with Crippen LogP contribution >= 0.6 is 22.7 Å². The fraction of sp³-hybridized carbons (Fsp3) is 0.267. The molecule has 0 aliphatic rings. The number of hydrogen-bond donors (Lipinski definition) is 1. The second-order valence-corrected chi connectivity index (χ2v) is 6.59. The summed E-state index contributed by atoms with van der Waals surface area (Å²) in [6.45, 7) is 1.74. The highest BCUT2D eigenvalue weighted by molar-refractivity contribution is 7.14. The van der Waals surface area contributed by atoms with Gasteiger partial charge in [-0.25, -0.2) is 4.79 Å². The van der Waals surface area contributed by atoms with Crippen molar-refractivity contribution in [3.05, 3.63) is 44.3 Å². The fourth-order valence-electron chi connectivity index (χ4n) is 1.69. The molecular formula is C15H15NO4S2. The number of ether oxygens (including phenoxy) is 1. The van der Waals surface area contributed by atoms with Crippen LogP contribution in [0.4, 0.5) is 0 Å². The van der Waals surface area contributed by atoms with Crippen molar-refractivity contribution in [1.29, 1.82) is 0 Å². The van der Waals surface area contributed by atoms with Gasteiger partial charge in [0.15, 0.2) is 6.61 Å². The summed E-state index contributed by atoms with van der Waals surface area (Å²) in [6, 6.07) is 6.97. The van der Waals surface area contributed by atoms with E-state index in [4.69, 9.17) is 4.74 Å². The first-order chi connectivity index (χ1) is 10.6. The first kappa shape index (κ1) is 16.4. The van der Waals surface area contributed by atoms with Crippen molar-refractivity contribution >= 4 is 40.3 Å². The molecular weight excluding hydrogens is 322 g/mol. The number of hydrogen-bond acceptors (Lipinski definition) is 6. The number of amides is 1. The molecule has 1 N–H and O–H groups in total. The number of carbonyl (C=O) groups excluding carboxylic acids is 3. The van der Waals surface area contributed by atoms with Gasteiger partial charge in [-0.2, -0.15) is 0 Å². The van der Waals surface area contributed by atoms with Crippen molar-refractivity contribution in [2.24, 2.45) is 0 Å². The van der Waals surface area contributed by atoms with Gasteiger partial charge in [0.1, 0.15) is 4.88 Å². The molecule has 2 aromatic heterocycles. The molecule has 1 amide bonds. The Morgan fingerprint density at radius 3 is 2.68 bits per heavy atom. The smallest absolute Gasteiger partial charge is 0.348 e. The van der Waals surface area contributed by atoms with E-state index in [1.807, 2.05) is 6.07 Å². The molecule has 2 aromatic rings. The SMILES string of the molecule is CC(=O)NCCc1ccc(C(=O)COC(=O)c2cccs2)s1. The standard InChI is InChI=1S/C15H15NO4S2/c1-10(17)16-7-6-11-4-5-13(22-11)12(18)9-20-15(19)14-3-2-8-21-14/h2-5,8H,6-7,9H2,1H3,(H,16,17). The van der Waals surface area contributed by atoms with Gasteiger partial charge in [-0.3, -0.25) is 9.59 Å². The van der Waals surface area contributed by atoms with E-state index >= 15 is 0 Å². The predicted molar refractivity (Wildman–Crippen MR) is 85.6 cm³/mol. The van der Waals surface area contributed by atoms with E-state index in [1.165, 1.54) is 29.6 Å². The third-order valence-electron chi connectivity index (χ3n) is 2.74. The van der Waals surface area contributed by atoms with E-state index in [-0.39, 0.29) is 18.3 Å². The van der Waals surface area contributed by atoms with Crippen molar-refractivity contribution in [3.63, 3.8) is 0 Å². The van der Waals surface area contributed by atoms with E-state index in [1.54, 1.807) is 23.6 Å². The molecule has 0 saturated heterocycles. The molecule has 22 heavy (non-hydrogen) atoms. The van der Waals surface area contributed by atoms with Gasteiger partial charge in [0, 0.05) is 18.3 Å². The summed E-state index contributed by atoms with van der Waals surface area (Å²) in [5, 5.41) is 4.48. The minimum atomic E-state index is -0.481. The Hall–Kier alpha value is -1.99. The van der Waals surface area contributed by atoms with Gasteiger partial charge in [0.2, 0.25) is 11.7 Å². The molecule has 2 heterocycles. The van der Waals surface area contributed by atoms with E-state index in [0.29, 0.717) is 22.7 Å². The van der Waals surface area contributed by atoms with Crippen molar-refractivity contribution in [3.8, 4) is 0 Å². The predicted octanol–water partition coefficient (Wildman–Crippen LogP) is 2.53. The van der Waals surface area contributed by atoms with Crippen LogP contribution in [0.15, 0.2) is 29.6 Å². The minimum absolute atomic E-state index is 0.0756. The lowest BCUT2D eigenvalue weighted by molar-refractivity contribution is -0.118. The quantitative estimate of drug-likeness (QED) is 0.622. The highest BCUT2D eigenvalue weighted by Crippen LogP contribution is 2.18. The normalized spacial score (nSPS) is 10.2. The molecule has 2 rings (SSSR count). The van der Waals surface area contributed by atoms with Crippen LogP contribution in [-0.2, 0) is 16.0 Å². The minimum Gasteiger partial charge on any atom is -0.453 e. The maximum Gasteiger partial charge on any atom is 0.348 e. The third-order valence-corrected chi connectivity index (χ3v) is 4.77. The van der Waals surface area contributed by atoms with Crippen molar-refractivity contribution in [2.45, 2.75) is 13.3 Å². The van der Waals surface area contributed by atoms with Gasteiger partial charge in [0.05, 0.1) is 4.88 Å². The average Bonchev–Trinajstić information content (AvgIpc) is 3.15. The lowest BCUT2D eigenvalue weighted by Crippen LogP contribution is -2.22. The number of rotatable bonds is 7. The monoisotopic (exact) mass is 337 g/mol. The van der Waals surface area contributed by atoms with E-state index < -0.39 is 5.97 Å². The van der Waals surface area contributed by atoms with Gasteiger partial charge in [0.25, 0.3) is 0 Å². The number of carbonyl (C=O) groups is 3. The highest BCUT2D eigenvalue weighted by Gasteiger charge is 2.14. The summed E-state index contributed by atoms with van der Waals surface area (Å²) in [5.74, 6) is -0.778. The van der Waals surface area contributed by atoms with Crippen LogP contribution in [0.25, 0.3) is 0 Å².